The largest absolute Gasteiger partial charge is 0.497 e. The molecule has 0 spiro atoms. The van der Waals surface area contributed by atoms with Gasteiger partial charge in [0.05, 0.1) is 30.2 Å². The molecule has 0 radical (unpaired) electrons. The number of amides is 2. The summed E-state index contributed by atoms with van der Waals surface area (Å²) in [7, 11) is 1.57. The van der Waals surface area contributed by atoms with E-state index in [9.17, 15) is 14.4 Å². The van der Waals surface area contributed by atoms with Crippen molar-refractivity contribution in [1.82, 2.24) is 0 Å². The second-order valence-electron chi connectivity index (χ2n) is 8.01. The van der Waals surface area contributed by atoms with Gasteiger partial charge in [-0.1, -0.05) is 0 Å². The van der Waals surface area contributed by atoms with Crippen LogP contribution in [0.2, 0.25) is 0 Å². The van der Waals surface area contributed by atoms with E-state index in [0.717, 1.165) is 19.3 Å². The van der Waals surface area contributed by atoms with Gasteiger partial charge in [0.1, 0.15) is 11.5 Å². The first-order valence-electron chi connectivity index (χ1n) is 9.91. The van der Waals surface area contributed by atoms with Gasteiger partial charge in [-0.05, 0) is 79.6 Å². The van der Waals surface area contributed by atoms with Crippen LogP contribution in [0.5, 0.6) is 11.5 Å². The van der Waals surface area contributed by atoms with Gasteiger partial charge >= 0.3 is 5.97 Å². The van der Waals surface area contributed by atoms with Crippen LogP contribution in [0.4, 0.5) is 5.69 Å². The van der Waals surface area contributed by atoms with Crippen LogP contribution in [-0.2, 0) is 9.59 Å². The number of hydrogen-bond acceptors (Lipinski definition) is 5. The number of esters is 1. The Balaban J connectivity index is 1.32. The number of carbonyl (C=O) groups is 3. The Hall–Kier alpha value is -3.15. The monoisotopic (exact) mass is 391 g/mol. The molecule has 29 heavy (non-hydrogen) atoms. The molecular weight excluding hydrogens is 370 g/mol. The predicted octanol–water partition coefficient (Wildman–Crippen LogP) is 3.45. The fraction of sp³-hybridized carbons (Fsp3) is 0.348. The Morgan fingerprint density at radius 3 is 1.97 bits per heavy atom. The van der Waals surface area contributed by atoms with E-state index in [0.29, 0.717) is 34.6 Å². The quantitative estimate of drug-likeness (QED) is 0.453. The number of rotatable bonds is 4. The van der Waals surface area contributed by atoms with Gasteiger partial charge in [0.25, 0.3) is 0 Å². The summed E-state index contributed by atoms with van der Waals surface area (Å²) in [5.41, 5.74) is 0.874. The molecule has 3 aliphatic rings. The number of benzene rings is 2. The van der Waals surface area contributed by atoms with Gasteiger partial charge in [0.15, 0.2) is 0 Å². The molecule has 0 unspecified atom stereocenters. The summed E-state index contributed by atoms with van der Waals surface area (Å²) < 4.78 is 10.4. The maximum Gasteiger partial charge on any atom is 0.343 e. The van der Waals surface area contributed by atoms with E-state index in [1.807, 2.05) is 0 Å². The minimum Gasteiger partial charge on any atom is -0.497 e. The number of carbonyl (C=O) groups excluding carboxylic acids is 3. The van der Waals surface area contributed by atoms with Gasteiger partial charge in [0, 0.05) is 0 Å². The van der Waals surface area contributed by atoms with Gasteiger partial charge in [-0.3, -0.25) is 14.5 Å². The van der Waals surface area contributed by atoms with Gasteiger partial charge in [-0.15, -0.1) is 0 Å². The van der Waals surface area contributed by atoms with Crippen molar-refractivity contribution >= 4 is 23.5 Å². The highest BCUT2D eigenvalue weighted by Crippen LogP contribution is 2.56. The van der Waals surface area contributed by atoms with Crippen molar-refractivity contribution in [2.45, 2.75) is 19.3 Å². The van der Waals surface area contributed by atoms with Crippen molar-refractivity contribution in [1.29, 1.82) is 0 Å². The number of fused-ring (bicyclic) bond motifs is 5. The van der Waals surface area contributed by atoms with Gasteiger partial charge < -0.3 is 9.47 Å². The van der Waals surface area contributed by atoms with Crippen molar-refractivity contribution in [2.75, 3.05) is 12.0 Å². The lowest BCUT2D eigenvalue weighted by Gasteiger charge is -2.19. The first kappa shape index (κ1) is 17.9. The molecular formula is C23H21NO5. The molecule has 1 saturated heterocycles. The zero-order valence-corrected chi connectivity index (χ0v) is 16.0. The normalized spacial score (nSPS) is 27.3. The summed E-state index contributed by atoms with van der Waals surface area (Å²) >= 11 is 0. The van der Waals surface area contributed by atoms with Gasteiger partial charge in [-0.25, -0.2) is 4.79 Å². The summed E-state index contributed by atoms with van der Waals surface area (Å²) in [5, 5.41) is 0. The first-order chi connectivity index (χ1) is 14.1. The molecule has 1 heterocycles. The summed E-state index contributed by atoms with van der Waals surface area (Å²) in [6.45, 7) is 0. The van der Waals surface area contributed by atoms with Crippen molar-refractivity contribution in [3.63, 3.8) is 0 Å². The number of imide groups is 1. The van der Waals surface area contributed by atoms with Crippen LogP contribution in [0.1, 0.15) is 29.6 Å². The minimum atomic E-state index is -0.504. The van der Waals surface area contributed by atoms with E-state index < -0.39 is 5.97 Å². The number of nitrogens with zero attached hydrogens (tertiary/aromatic N) is 1. The molecule has 6 heteroatoms. The highest BCUT2D eigenvalue weighted by Gasteiger charge is 2.61. The molecule has 6 nitrogen and oxygen atoms in total. The molecule has 2 aromatic carbocycles. The van der Waals surface area contributed by atoms with Crippen molar-refractivity contribution in [3.05, 3.63) is 54.1 Å². The summed E-state index contributed by atoms with van der Waals surface area (Å²) in [6.07, 6.45) is 3.11. The molecule has 3 fully saturated rings. The molecule has 0 aromatic heterocycles. The third-order valence-electron chi connectivity index (χ3n) is 6.56. The van der Waals surface area contributed by atoms with E-state index in [-0.39, 0.29) is 23.7 Å². The zero-order chi connectivity index (χ0) is 20.1. The number of methoxy groups -OCH3 is 1. The van der Waals surface area contributed by atoms with E-state index in [1.165, 1.54) is 4.90 Å². The van der Waals surface area contributed by atoms with Gasteiger partial charge in [0.2, 0.25) is 11.8 Å². The SMILES string of the molecule is COc1ccc(OC(=O)c2ccc(N3C(=O)[C@@H]4[C@H]5CC[C@@H](C5)[C@@H]4C3=O)cc2)cc1. The zero-order valence-electron chi connectivity index (χ0n) is 16.0. The highest BCUT2D eigenvalue weighted by atomic mass is 16.5. The summed E-state index contributed by atoms with van der Waals surface area (Å²) in [4.78, 5) is 39.5. The molecule has 2 amide bonds. The van der Waals surface area contributed by atoms with Crippen molar-refractivity contribution < 1.29 is 23.9 Å². The number of ether oxygens (including phenoxy) is 2. The average molecular weight is 391 g/mol. The van der Waals surface area contributed by atoms with Crippen molar-refractivity contribution in [3.8, 4) is 11.5 Å². The fourth-order valence-electron chi connectivity index (χ4n) is 5.22. The van der Waals surface area contributed by atoms with E-state index in [1.54, 1.807) is 55.6 Å². The lowest BCUT2D eigenvalue weighted by Crippen LogP contribution is -2.32. The molecule has 5 rings (SSSR count). The fourth-order valence-corrected chi connectivity index (χ4v) is 5.22. The summed E-state index contributed by atoms with van der Waals surface area (Å²) in [6, 6.07) is 13.2. The third kappa shape index (κ3) is 2.82. The van der Waals surface area contributed by atoms with Crippen LogP contribution < -0.4 is 14.4 Å². The smallest absolute Gasteiger partial charge is 0.343 e. The summed E-state index contributed by atoms with van der Waals surface area (Å²) in [5.74, 6) is 0.815. The molecule has 4 atom stereocenters. The maximum atomic E-state index is 12.9. The number of hydrogen-bond donors (Lipinski definition) is 0. The molecule has 2 bridgehead atoms. The molecule has 1 aliphatic heterocycles. The molecule has 148 valence electrons. The molecule has 2 aromatic rings. The standard InChI is InChI=1S/C23H21NO5/c1-28-17-8-10-18(11-9-17)29-23(27)13-4-6-16(7-5-13)24-21(25)19-14-2-3-15(12-14)20(19)22(24)26/h4-11,14-15,19-20H,2-3,12H2,1H3/t14-,15-,19-,20+/m0/s1. The molecule has 2 aliphatic carbocycles. The lowest BCUT2D eigenvalue weighted by atomic mass is 9.81. The lowest BCUT2D eigenvalue weighted by molar-refractivity contribution is -0.123. The van der Waals surface area contributed by atoms with Crippen LogP contribution >= 0.6 is 0 Å². The van der Waals surface area contributed by atoms with E-state index in [2.05, 4.69) is 0 Å². The van der Waals surface area contributed by atoms with Crippen LogP contribution in [0.15, 0.2) is 48.5 Å². The van der Waals surface area contributed by atoms with Crippen LogP contribution in [-0.4, -0.2) is 24.9 Å². The van der Waals surface area contributed by atoms with Crippen LogP contribution in [0.3, 0.4) is 0 Å². The van der Waals surface area contributed by atoms with E-state index in [4.69, 9.17) is 9.47 Å². The van der Waals surface area contributed by atoms with Crippen LogP contribution in [0.25, 0.3) is 0 Å². The molecule has 0 N–H and O–H groups in total. The molecule has 2 saturated carbocycles. The van der Waals surface area contributed by atoms with E-state index >= 15 is 0 Å². The topological polar surface area (TPSA) is 72.9 Å². The minimum absolute atomic E-state index is 0.0826. The first-order valence-corrected chi connectivity index (χ1v) is 9.91. The Morgan fingerprint density at radius 2 is 1.41 bits per heavy atom. The second kappa shape index (κ2) is 6.72. The van der Waals surface area contributed by atoms with Gasteiger partial charge in [-0.2, -0.15) is 0 Å². The number of anilines is 1. The Kier molecular flexibility index (Phi) is 4.15. The Labute approximate surface area is 168 Å². The average Bonchev–Trinajstić information content (AvgIpc) is 3.42. The maximum absolute atomic E-state index is 12.9. The highest BCUT2D eigenvalue weighted by molar-refractivity contribution is 6.22. The Morgan fingerprint density at radius 1 is 0.862 bits per heavy atom. The van der Waals surface area contributed by atoms with Crippen molar-refractivity contribution in [2.24, 2.45) is 23.7 Å². The van der Waals surface area contributed by atoms with Crippen LogP contribution in [0, 0.1) is 23.7 Å². The third-order valence-corrected chi connectivity index (χ3v) is 6.56. The Bertz CT molecular complexity index is 953. The second-order valence-corrected chi connectivity index (χ2v) is 8.01. The predicted molar refractivity (Wildman–Crippen MR) is 105 cm³/mol.